The molecule has 2 rings (SSSR count). The first-order valence-electron chi connectivity index (χ1n) is 6.07. The van der Waals surface area contributed by atoms with E-state index in [1.54, 1.807) is 6.92 Å². The van der Waals surface area contributed by atoms with Crippen LogP contribution in [0.4, 0.5) is 0 Å². The fraction of sp³-hybridized carbons (Fsp3) is 0.417. The summed E-state index contributed by atoms with van der Waals surface area (Å²) in [6.07, 6.45) is 0. The first-order valence-corrected chi connectivity index (χ1v) is 8.27. The molecule has 1 aliphatic heterocycles. The van der Waals surface area contributed by atoms with Crippen molar-refractivity contribution in [3.8, 4) is 0 Å². The predicted octanol–water partition coefficient (Wildman–Crippen LogP) is 2.10. The number of morpholine rings is 1. The Morgan fingerprint density at radius 2 is 2.10 bits per heavy atom. The molecule has 0 radical (unpaired) electrons. The van der Waals surface area contributed by atoms with Gasteiger partial charge in [0.2, 0.25) is 10.0 Å². The summed E-state index contributed by atoms with van der Waals surface area (Å²) >= 11 is 11.7. The molecule has 6 nitrogen and oxygen atoms in total. The molecule has 1 N–H and O–H groups in total. The fourth-order valence-corrected chi connectivity index (χ4v) is 4.62. The van der Waals surface area contributed by atoms with Gasteiger partial charge in [-0.15, -0.1) is 0 Å². The highest BCUT2D eigenvalue weighted by molar-refractivity contribution is 7.89. The second kappa shape index (κ2) is 6.10. The molecular formula is C12H13Cl2NO5S. The van der Waals surface area contributed by atoms with Crippen molar-refractivity contribution in [3.05, 3.63) is 27.7 Å². The summed E-state index contributed by atoms with van der Waals surface area (Å²) in [6.45, 7) is 2.44. The van der Waals surface area contributed by atoms with E-state index in [1.165, 1.54) is 16.4 Å². The fourth-order valence-electron chi connectivity index (χ4n) is 2.12. The van der Waals surface area contributed by atoms with Gasteiger partial charge in [-0.3, -0.25) is 0 Å². The second-order valence-electron chi connectivity index (χ2n) is 4.58. The van der Waals surface area contributed by atoms with Gasteiger partial charge in [0.15, 0.2) is 0 Å². The summed E-state index contributed by atoms with van der Waals surface area (Å²) in [5.74, 6) is -1.38. The van der Waals surface area contributed by atoms with Crippen molar-refractivity contribution in [2.75, 3.05) is 19.8 Å². The Hall–Kier alpha value is -0.860. The molecule has 1 aliphatic rings. The Balaban J connectivity index is 2.55. The van der Waals surface area contributed by atoms with Gasteiger partial charge in [-0.05, 0) is 19.1 Å². The van der Waals surface area contributed by atoms with E-state index >= 15 is 0 Å². The summed E-state index contributed by atoms with van der Waals surface area (Å²) < 4.78 is 31.8. The Kier molecular flexibility index (Phi) is 4.79. The standard InChI is InChI=1S/C12H13Cl2NO5S/c1-7-6-20-5-4-15(7)21(18,19)9-3-2-8(13)10(11(9)14)12(16)17/h2-3,7H,4-6H2,1H3,(H,16,17)/t7-/m1/s1. The lowest BCUT2D eigenvalue weighted by Crippen LogP contribution is -2.47. The van der Waals surface area contributed by atoms with Gasteiger partial charge in [0.1, 0.15) is 4.90 Å². The third-order valence-corrected chi connectivity index (χ3v) is 6.04. The van der Waals surface area contributed by atoms with Gasteiger partial charge in [-0.25, -0.2) is 13.2 Å². The number of carboxylic acid groups (broad SMARTS) is 1. The summed E-state index contributed by atoms with van der Waals surface area (Å²) in [4.78, 5) is 10.9. The van der Waals surface area contributed by atoms with Crippen molar-refractivity contribution < 1.29 is 23.1 Å². The highest BCUT2D eigenvalue weighted by Crippen LogP contribution is 2.33. The molecule has 0 bridgehead atoms. The molecular weight excluding hydrogens is 341 g/mol. The monoisotopic (exact) mass is 353 g/mol. The zero-order valence-electron chi connectivity index (χ0n) is 11.0. The van der Waals surface area contributed by atoms with E-state index in [1.807, 2.05) is 0 Å². The number of rotatable bonds is 3. The van der Waals surface area contributed by atoms with Crippen LogP contribution in [0, 0.1) is 0 Å². The number of hydrogen-bond acceptors (Lipinski definition) is 4. The number of nitrogens with zero attached hydrogens (tertiary/aromatic N) is 1. The zero-order chi connectivity index (χ0) is 15.8. The van der Waals surface area contributed by atoms with Gasteiger partial charge >= 0.3 is 5.97 Å². The zero-order valence-corrected chi connectivity index (χ0v) is 13.4. The topological polar surface area (TPSA) is 83.9 Å². The smallest absolute Gasteiger partial charge is 0.338 e. The van der Waals surface area contributed by atoms with E-state index in [4.69, 9.17) is 33.0 Å². The Morgan fingerprint density at radius 1 is 1.43 bits per heavy atom. The maximum atomic E-state index is 12.7. The van der Waals surface area contributed by atoms with Gasteiger partial charge in [-0.2, -0.15) is 4.31 Å². The first-order chi connectivity index (χ1) is 9.76. The molecule has 1 atom stereocenters. The van der Waals surface area contributed by atoms with Crippen LogP contribution in [-0.2, 0) is 14.8 Å². The molecule has 0 unspecified atom stereocenters. The number of halogens is 2. The van der Waals surface area contributed by atoms with Crippen molar-refractivity contribution in [2.45, 2.75) is 17.9 Å². The molecule has 1 saturated heterocycles. The van der Waals surface area contributed by atoms with Gasteiger partial charge in [0.05, 0.1) is 28.8 Å². The number of aromatic carboxylic acids is 1. The van der Waals surface area contributed by atoms with Gasteiger partial charge in [0, 0.05) is 12.6 Å². The number of carboxylic acids is 1. The normalized spacial score (nSPS) is 20.4. The highest BCUT2D eigenvalue weighted by atomic mass is 35.5. The van der Waals surface area contributed by atoms with Crippen LogP contribution in [0.25, 0.3) is 0 Å². The molecule has 1 fully saturated rings. The Morgan fingerprint density at radius 3 is 2.67 bits per heavy atom. The second-order valence-corrected chi connectivity index (χ2v) is 7.22. The minimum absolute atomic E-state index is 0.110. The first kappa shape index (κ1) is 16.5. The molecule has 1 aromatic rings. The summed E-state index contributed by atoms with van der Waals surface area (Å²) in [7, 11) is -3.92. The Labute approximate surface area is 132 Å². The maximum absolute atomic E-state index is 12.7. The average molecular weight is 354 g/mol. The number of benzene rings is 1. The minimum Gasteiger partial charge on any atom is -0.478 e. The molecule has 1 heterocycles. The maximum Gasteiger partial charge on any atom is 0.338 e. The molecule has 0 aromatic heterocycles. The Bertz CT molecular complexity index is 676. The van der Waals surface area contributed by atoms with Crippen molar-refractivity contribution in [1.82, 2.24) is 4.31 Å². The van der Waals surface area contributed by atoms with Crippen molar-refractivity contribution in [2.24, 2.45) is 0 Å². The van der Waals surface area contributed by atoms with E-state index in [0.717, 1.165) is 0 Å². The van der Waals surface area contributed by atoms with Crippen LogP contribution in [-0.4, -0.2) is 49.6 Å². The van der Waals surface area contributed by atoms with E-state index in [2.05, 4.69) is 0 Å². The number of sulfonamides is 1. The quantitative estimate of drug-likeness (QED) is 0.899. The molecule has 0 amide bonds. The van der Waals surface area contributed by atoms with E-state index in [-0.39, 0.29) is 40.7 Å². The lowest BCUT2D eigenvalue weighted by atomic mass is 10.2. The van der Waals surface area contributed by atoms with Gasteiger partial charge in [-0.1, -0.05) is 23.2 Å². The van der Waals surface area contributed by atoms with E-state index in [9.17, 15) is 13.2 Å². The summed E-state index contributed by atoms with van der Waals surface area (Å²) in [5, 5.41) is 8.61. The van der Waals surface area contributed by atoms with E-state index < -0.39 is 21.6 Å². The number of ether oxygens (including phenoxy) is 1. The summed E-state index contributed by atoms with van der Waals surface area (Å²) in [5.41, 5.74) is -0.416. The van der Waals surface area contributed by atoms with Crippen molar-refractivity contribution in [3.63, 3.8) is 0 Å². The van der Waals surface area contributed by atoms with E-state index in [0.29, 0.717) is 0 Å². The molecule has 0 aliphatic carbocycles. The largest absolute Gasteiger partial charge is 0.478 e. The lowest BCUT2D eigenvalue weighted by Gasteiger charge is -2.32. The molecule has 0 spiro atoms. The lowest BCUT2D eigenvalue weighted by molar-refractivity contribution is 0.0392. The van der Waals surface area contributed by atoms with Crippen molar-refractivity contribution in [1.29, 1.82) is 0 Å². The summed E-state index contributed by atoms with van der Waals surface area (Å²) in [6, 6.07) is 2.08. The van der Waals surface area contributed by atoms with Gasteiger partial charge in [0.25, 0.3) is 0 Å². The molecule has 1 aromatic carbocycles. The van der Waals surface area contributed by atoms with Crippen molar-refractivity contribution >= 4 is 39.2 Å². The van der Waals surface area contributed by atoms with Crippen LogP contribution >= 0.6 is 23.2 Å². The predicted molar refractivity (Wildman–Crippen MR) is 77.6 cm³/mol. The van der Waals surface area contributed by atoms with Crippen LogP contribution in [0.15, 0.2) is 17.0 Å². The van der Waals surface area contributed by atoms with Crippen LogP contribution in [0.2, 0.25) is 10.0 Å². The molecule has 21 heavy (non-hydrogen) atoms. The molecule has 0 saturated carbocycles. The average Bonchev–Trinajstić information content (AvgIpc) is 2.38. The van der Waals surface area contributed by atoms with Crippen LogP contribution in [0.5, 0.6) is 0 Å². The SMILES string of the molecule is C[C@@H]1COCCN1S(=O)(=O)c1ccc(Cl)c(C(=O)O)c1Cl. The van der Waals surface area contributed by atoms with Crippen LogP contribution in [0.1, 0.15) is 17.3 Å². The molecule has 116 valence electrons. The van der Waals surface area contributed by atoms with Crippen LogP contribution in [0.3, 0.4) is 0 Å². The third-order valence-electron chi connectivity index (χ3n) is 3.16. The third kappa shape index (κ3) is 3.02. The minimum atomic E-state index is -3.92. The number of hydrogen-bond donors (Lipinski definition) is 1. The highest BCUT2D eigenvalue weighted by Gasteiger charge is 2.34. The van der Waals surface area contributed by atoms with Gasteiger partial charge < -0.3 is 9.84 Å². The number of carbonyl (C=O) groups is 1. The molecule has 9 heteroatoms. The van der Waals surface area contributed by atoms with Crippen LogP contribution < -0.4 is 0 Å².